The molecule has 2 nitrogen and oxygen atoms in total. The third-order valence-electron chi connectivity index (χ3n) is 0.646. The van der Waals surface area contributed by atoms with Crippen molar-refractivity contribution in [3.05, 3.63) is 0 Å². The van der Waals surface area contributed by atoms with Crippen LogP contribution in [0.2, 0.25) is 0 Å². The van der Waals surface area contributed by atoms with Gasteiger partial charge in [-0.25, -0.2) is 4.39 Å². The minimum atomic E-state index is -3.37. The van der Waals surface area contributed by atoms with Crippen LogP contribution in [0.5, 0.6) is 0 Å². The highest BCUT2D eigenvalue weighted by molar-refractivity contribution is 4.45. The first kappa shape index (κ1) is 8.71. The molecule has 0 bridgehead atoms. The largest absolute Gasteiger partial charge is 0.378 e. The van der Waals surface area contributed by atoms with Crippen molar-refractivity contribution in [2.45, 2.75) is 6.11 Å². The number of hydrogen-bond donors (Lipinski definition) is 0. The molecule has 0 saturated heterocycles. The number of methoxy groups -OCH3 is 1. The molecule has 0 aliphatic carbocycles. The summed E-state index contributed by atoms with van der Waals surface area (Å²) in [5, 5.41) is 0. The van der Waals surface area contributed by atoms with E-state index in [0.29, 0.717) is 0 Å². The van der Waals surface area contributed by atoms with Gasteiger partial charge in [-0.05, 0) is 0 Å². The minimum absolute atomic E-state index is 0.821. The monoisotopic (exact) mass is 144 g/mol. The molecule has 0 aromatic rings. The zero-order valence-corrected chi connectivity index (χ0v) is 4.86. The lowest BCUT2D eigenvalue weighted by Gasteiger charge is -2.11. The highest BCUT2D eigenvalue weighted by atomic mass is 19.3. The van der Waals surface area contributed by atoms with E-state index >= 15 is 0 Å². The van der Waals surface area contributed by atoms with Crippen molar-refractivity contribution >= 4 is 0 Å². The SMILES string of the molecule is COC(F)(F)COCF. The third-order valence-corrected chi connectivity index (χ3v) is 0.646. The van der Waals surface area contributed by atoms with Crippen molar-refractivity contribution in [2.24, 2.45) is 0 Å². The number of rotatable bonds is 4. The Kier molecular flexibility index (Phi) is 3.56. The van der Waals surface area contributed by atoms with Gasteiger partial charge in [0.2, 0.25) is 0 Å². The van der Waals surface area contributed by atoms with Gasteiger partial charge >= 0.3 is 6.11 Å². The molecular weight excluding hydrogens is 137 g/mol. The Bertz CT molecular complexity index is 76.2. The van der Waals surface area contributed by atoms with E-state index in [2.05, 4.69) is 9.47 Å². The minimum Gasteiger partial charge on any atom is -0.341 e. The van der Waals surface area contributed by atoms with Crippen LogP contribution in [-0.4, -0.2) is 26.7 Å². The van der Waals surface area contributed by atoms with Crippen molar-refractivity contribution in [2.75, 3.05) is 20.6 Å². The molecular formula is C4H7F3O2. The summed E-state index contributed by atoms with van der Waals surface area (Å²) >= 11 is 0. The molecule has 0 radical (unpaired) electrons. The molecule has 0 aromatic heterocycles. The molecule has 0 fully saturated rings. The van der Waals surface area contributed by atoms with Crippen LogP contribution in [-0.2, 0) is 9.47 Å². The number of ether oxygens (including phenoxy) is 2. The van der Waals surface area contributed by atoms with Crippen LogP contribution in [0, 0.1) is 0 Å². The summed E-state index contributed by atoms with van der Waals surface area (Å²) in [4.78, 5) is 0. The van der Waals surface area contributed by atoms with Gasteiger partial charge < -0.3 is 9.47 Å². The summed E-state index contributed by atoms with van der Waals surface area (Å²) in [6.45, 7) is -2.26. The predicted octanol–water partition coefficient (Wildman–Crippen LogP) is 1.17. The lowest BCUT2D eigenvalue weighted by Crippen LogP contribution is -2.25. The predicted molar refractivity (Wildman–Crippen MR) is 23.9 cm³/mol. The van der Waals surface area contributed by atoms with Gasteiger partial charge in [0.05, 0.1) is 0 Å². The van der Waals surface area contributed by atoms with E-state index < -0.39 is 19.6 Å². The second kappa shape index (κ2) is 3.68. The standard InChI is InChI=1S/C4H7F3O2/c1-8-4(6,7)2-9-3-5/h2-3H2,1H3. The van der Waals surface area contributed by atoms with E-state index in [4.69, 9.17) is 0 Å². The molecule has 5 heteroatoms. The Labute approximate surface area is 50.6 Å². The van der Waals surface area contributed by atoms with E-state index in [0.717, 1.165) is 7.11 Å². The lowest BCUT2D eigenvalue weighted by atomic mass is 10.7. The van der Waals surface area contributed by atoms with Gasteiger partial charge in [-0.1, -0.05) is 0 Å². The topological polar surface area (TPSA) is 18.5 Å². The van der Waals surface area contributed by atoms with E-state index in [-0.39, 0.29) is 0 Å². The highest BCUT2D eigenvalue weighted by Gasteiger charge is 2.28. The molecule has 0 unspecified atom stereocenters. The molecule has 0 N–H and O–H groups in total. The Morgan fingerprint density at radius 2 is 2.00 bits per heavy atom. The van der Waals surface area contributed by atoms with Crippen LogP contribution < -0.4 is 0 Å². The fraction of sp³-hybridized carbons (Fsp3) is 1.00. The highest BCUT2D eigenvalue weighted by Crippen LogP contribution is 2.13. The molecule has 0 aliphatic heterocycles. The quantitative estimate of drug-likeness (QED) is 0.589. The number of alkyl halides is 3. The molecule has 9 heavy (non-hydrogen) atoms. The fourth-order valence-corrected chi connectivity index (χ4v) is 0.216. The molecule has 0 amide bonds. The average molecular weight is 144 g/mol. The first-order valence-corrected chi connectivity index (χ1v) is 2.19. The van der Waals surface area contributed by atoms with Crippen LogP contribution in [0.1, 0.15) is 0 Å². The zero-order valence-electron chi connectivity index (χ0n) is 4.86. The van der Waals surface area contributed by atoms with E-state index in [1.165, 1.54) is 0 Å². The Morgan fingerprint density at radius 3 is 2.33 bits per heavy atom. The molecule has 0 aromatic carbocycles. The second-order valence-electron chi connectivity index (χ2n) is 1.30. The third kappa shape index (κ3) is 4.23. The van der Waals surface area contributed by atoms with Crippen molar-refractivity contribution in [3.63, 3.8) is 0 Å². The van der Waals surface area contributed by atoms with Crippen molar-refractivity contribution < 1.29 is 22.6 Å². The summed E-state index contributed by atoms with van der Waals surface area (Å²) in [6.07, 6.45) is -3.37. The Balaban J connectivity index is 3.33. The molecule has 0 rings (SSSR count). The van der Waals surface area contributed by atoms with Gasteiger partial charge in [0.1, 0.15) is 6.61 Å². The molecule has 0 atom stereocenters. The van der Waals surface area contributed by atoms with Crippen molar-refractivity contribution in [1.29, 1.82) is 0 Å². The smallest absolute Gasteiger partial charge is 0.341 e. The van der Waals surface area contributed by atoms with Gasteiger partial charge in [-0.2, -0.15) is 8.78 Å². The Hall–Kier alpha value is -0.290. The lowest BCUT2D eigenvalue weighted by molar-refractivity contribution is -0.254. The molecule has 0 spiro atoms. The normalized spacial score (nSPS) is 12.0. The number of halogens is 3. The molecule has 0 aliphatic rings. The van der Waals surface area contributed by atoms with Crippen LogP contribution in [0.3, 0.4) is 0 Å². The van der Waals surface area contributed by atoms with Crippen LogP contribution >= 0.6 is 0 Å². The zero-order chi connectivity index (χ0) is 7.33. The molecule has 56 valence electrons. The molecule has 0 saturated carbocycles. The summed E-state index contributed by atoms with van der Waals surface area (Å²) < 4.78 is 42.1. The Morgan fingerprint density at radius 1 is 1.44 bits per heavy atom. The summed E-state index contributed by atoms with van der Waals surface area (Å²) in [5.41, 5.74) is 0. The van der Waals surface area contributed by atoms with Gasteiger partial charge in [0, 0.05) is 7.11 Å². The summed E-state index contributed by atoms with van der Waals surface area (Å²) in [5.74, 6) is 0. The van der Waals surface area contributed by atoms with Crippen molar-refractivity contribution in [3.8, 4) is 0 Å². The van der Waals surface area contributed by atoms with Gasteiger partial charge in [-0.15, -0.1) is 0 Å². The van der Waals surface area contributed by atoms with E-state index in [9.17, 15) is 13.2 Å². The molecule has 0 heterocycles. The van der Waals surface area contributed by atoms with Crippen LogP contribution in [0.25, 0.3) is 0 Å². The summed E-state index contributed by atoms with van der Waals surface area (Å²) in [6, 6.07) is 0. The summed E-state index contributed by atoms with van der Waals surface area (Å²) in [7, 11) is 0.821. The van der Waals surface area contributed by atoms with Crippen LogP contribution in [0.15, 0.2) is 0 Å². The first-order chi connectivity index (χ1) is 4.12. The van der Waals surface area contributed by atoms with Crippen LogP contribution in [0.4, 0.5) is 13.2 Å². The van der Waals surface area contributed by atoms with Gasteiger partial charge in [0.15, 0.2) is 6.86 Å². The van der Waals surface area contributed by atoms with Crippen molar-refractivity contribution in [1.82, 2.24) is 0 Å². The number of hydrogen-bond acceptors (Lipinski definition) is 2. The maximum Gasteiger partial charge on any atom is 0.378 e. The first-order valence-electron chi connectivity index (χ1n) is 2.19. The van der Waals surface area contributed by atoms with E-state index in [1.54, 1.807) is 0 Å². The van der Waals surface area contributed by atoms with Gasteiger partial charge in [0.25, 0.3) is 0 Å². The average Bonchev–Trinajstić information content (AvgIpc) is 1.84. The maximum absolute atomic E-state index is 11.8. The fourth-order valence-electron chi connectivity index (χ4n) is 0.216. The van der Waals surface area contributed by atoms with Gasteiger partial charge in [-0.3, -0.25) is 0 Å². The van der Waals surface area contributed by atoms with E-state index in [1.807, 2.05) is 0 Å². The second-order valence-corrected chi connectivity index (χ2v) is 1.30. The maximum atomic E-state index is 11.8.